The SMILES string of the molecule is CCC1(CC)C(NC(=O)C2C3CCC(C3)C2N)CC1OC. The number of hydrogen-bond donors (Lipinski definition) is 2. The van der Waals surface area contributed by atoms with Crippen LogP contribution in [0.5, 0.6) is 0 Å². The number of carbonyl (C=O) groups is 1. The highest BCUT2D eigenvalue weighted by Crippen LogP contribution is 2.50. The van der Waals surface area contributed by atoms with E-state index in [0.717, 1.165) is 25.7 Å². The Kier molecular flexibility index (Phi) is 4.04. The maximum absolute atomic E-state index is 12.7. The second-order valence-electron chi connectivity index (χ2n) is 7.40. The molecule has 3 rings (SSSR count). The summed E-state index contributed by atoms with van der Waals surface area (Å²) in [4.78, 5) is 12.7. The molecule has 21 heavy (non-hydrogen) atoms. The topological polar surface area (TPSA) is 64.4 Å². The number of fused-ring (bicyclic) bond motifs is 2. The molecular weight excluding hydrogens is 264 g/mol. The molecule has 0 aromatic rings. The maximum atomic E-state index is 12.7. The lowest BCUT2D eigenvalue weighted by atomic mass is 9.58. The molecule has 6 unspecified atom stereocenters. The van der Waals surface area contributed by atoms with Crippen LogP contribution in [0.15, 0.2) is 0 Å². The van der Waals surface area contributed by atoms with Gasteiger partial charge < -0.3 is 15.8 Å². The standard InChI is InChI=1S/C17H30N2O2/c1-4-17(5-2)12(9-13(17)21-3)19-16(20)14-10-6-7-11(8-10)15(14)18/h10-15H,4-9,18H2,1-3H3,(H,19,20). The number of methoxy groups -OCH3 is 1. The summed E-state index contributed by atoms with van der Waals surface area (Å²) in [6, 6.07) is 0.343. The van der Waals surface area contributed by atoms with E-state index in [9.17, 15) is 4.79 Å². The van der Waals surface area contributed by atoms with Crippen LogP contribution in [-0.4, -0.2) is 31.2 Å². The maximum Gasteiger partial charge on any atom is 0.225 e. The summed E-state index contributed by atoms with van der Waals surface area (Å²) in [6.45, 7) is 4.41. The number of nitrogens with one attached hydrogen (secondary N) is 1. The van der Waals surface area contributed by atoms with Gasteiger partial charge in [0.15, 0.2) is 0 Å². The average molecular weight is 294 g/mol. The normalized spacial score (nSPS) is 43.6. The van der Waals surface area contributed by atoms with Crippen LogP contribution in [0.2, 0.25) is 0 Å². The molecule has 3 aliphatic carbocycles. The molecule has 4 heteroatoms. The molecular formula is C17H30N2O2. The number of hydrogen-bond acceptors (Lipinski definition) is 3. The summed E-state index contributed by atoms with van der Waals surface area (Å²) in [5.41, 5.74) is 6.42. The van der Waals surface area contributed by atoms with Crippen molar-refractivity contribution in [1.82, 2.24) is 5.32 Å². The molecule has 0 radical (unpaired) electrons. The monoisotopic (exact) mass is 294 g/mol. The average Bonchev–Trinajstić information content (AvgIpc) is 3.05. The van der Waals surface area contributed by atoms with Crippen molar-refractivity contribution in [3.63, 3.8) is 0 Å². The lowest BCUT2D eigenvalue weighted by molar-refractivity contribution is -0.145. The number of nitrogens with two attached hydrogens (primary N) is 1. The van der Waals surface area contributed by atoms with Crippen molar-refractivity contribution < 1.29 is 9.53 Å². The summed E-state index contributed by atoms with van der Waals surface area (Å²) in [6.07, 6.45) is 6.90. The van der Waals surface area contributed by atoms with Crippen molar-refractivity contribution in [2.24, 2.45) is 28.9 Å². The van der Waals surface area contributed by atoms with Gasteiger partial charge in [-0.05, 0) is 50.4 Å². The van der Waals surface area contributed by atoms with Crippen LogP contribution in [0.25, 0.3) is 0 Å². The van der Waals surface area contributed by atoms with Crippen LogP contribution in [-0.2, 0) is 9.53 Å². The van der Waals surface area contributed by atoms with Crippen molar-refractivity contribution in [2.75, 3.05) is 7.11 Å². The molecule has 0 spiro atoms. The second-order valence-corrected chi connectivity index (χ2v) is 7.40. The van der Waals surface area contributed by atoms with Crippen LogP contribution >= 0.6 is 0 Å². The van der Waals surface area contributed by atoms with Crippen molar-refractivity contribution >= 4 is 5.91 Å². The Morgan fingerprint density at radius 2 is 1.90 bits per heavy atom. The molecule has 1 amide bonds. The lowest BCUT2D eigenvalue weighted by Crippen LogP contribution is -2.65. The van der Waals surface area contributed by atoms with E-state index in [1.54, 1.807) is 7.11 Å². The summed E-state index contributed by atoms with van der Waals surface area (Å²) < 4.78 is 5.62. The first kappa shape index (κ1) is 15.3. The number of amides is 1. The molecule has 0 heterocycles. The predicted octanol–water partition coefficient (Wildman–Crippen LogP) is 2.07. The Labute approximate surface area is 128 Å². The van der Waals surface area contributed by atoms with Crippen LogP contribution in [0, 0.1) is 23.2 Å². The van der Waals surface area contributed by atoms with E-state index < -0.39 is 0 Å². The molecule has 3 saturated carbocycles. The molecule has 0 aromatic carbocycles. The van der Waals surface area contributed by atoms with Crippen LogP contribution in [0.1, 0.15) is 52.4 Å². The number of ether oxygens (including phenoxy) is 1. The molecule has 0 saturated heterocycles. The van der Waals surface area contributed by atoms with Gasteiger partial charge >= 0.3 is 0 Å². The van der Waals surface area contributed by atoms with Gasteiger partial charge in [0.25, 0.3) is 0 Å². The Hall–Kier alpha value is -0.610. The Morgan fingerprint density at radius 1 is 1.24 bits per heavy atom. The van der Waals surface area contributed by atoms with E-state index >= 15 is 0 Å². The zero-order chi connectivity index (χ0) is 15.2. The van der Waals surface area contributed by atoms with Gasteiger partial charge in [0.05, 0.1) is 12.0 Å². The van der Waals surface area contributed by atoms with E-state index in [1.165, 1.54) is 12.8 Å². The smallest absolute Gasteiger partial charge is 0.225 e. The third-order valence-corrected chi connectivity index (χ3v) is 6.99. The molecule has 2 bridgehead atoms. The van der Waals surface area contributed by atoms with Gasteiger partial charge in [-0.15, -0.1) is 0 Å². The van der Waals surface area contributed by atoms with Gasteiger partial charge in [-0.25, -0.2) is 0 Å². The number of carbonyl (C=O) groups excluding carboxylic acids is 1. The van der Waals surface area contributed by atoms with Crippen molar-refractivity contribution in [1.29, 1.82) is 0 Å². The zero-order valence-electron chi connectivity index (χ0n) is 13.6. The molecule has 3 N–H and O–H groups in total. The highest BCUT2D eigenvalue weighted by Gasteiger charge is 2.55. The number of rotatable bonds is 5. The first-order valence-electron chi connectivity index (χ1n) is 8.66. The van der Waals surface area contributed by atoms with Gasteiger partial charge in [0.1, 0.15) is 0 Å². The third kappa shape index (κ3) is 2.14. The van der Waals surface area contributed by atoms with Crippen LogP contribution < -0.4 is 11.1 Å². The molecule has 6 atom stereocenters. The Balaban J connectivity index is 1.66. The van der Waals surface area contributed by atoms with Gasteiger partial charge in [-0.2, -0.15) is 0 Å². The van der Waals surface area contributed by atoms with E-state index in [1.807, 2.05) is 0 Å². The summed E-state index contributed by atoms with van der Waals surface area (Å²) in [7, 11) is 1.79. The minimum absolute atomic E-state index is 0.0526. The molecule has 0 aliphatic heterocycles. The fraction of sp³-hybridized carbons (Fsp3) is 0.941. The largest absolute Gasteiger partial charge is 0.381 e. The summed E-state index contributed by atoms with van der Waals surface area (Å²) in [5, 5.41) is 3.33. The first-order valence-corrected chi connectivity index (χ1v) is 8.66. The summed E-state index contributed by atoms with van der Waals surface area (Å²) >= 11 is 0. The van der Waals surface area contributed by atoms with E-state index in [4.69, 9.17) is 10.5 Å². The van der Waals surface area contributed by atoms with Crippen LogP contribution in [0.4, 0.5) is 0 Å². The lowest BCUT2D eigenvalue weighted by Gasteiger charge is -2.55. The van der Waals surface area contributed by atoms with Gasteiger partial charge in [-0.1, -0.05) is 13.8 Å². The minimum atomic E-state index is 0.0526. The Morgan fingerprint density at radius 3 is 2.43 bits per heavy atom. The summed E-state index contributed by atoms with van der Waals surface area (Å²) in [5.74, 6) is 1.37. The second kappa shape index (κ2) is 5.54. The van der Waals surface area contributed by atoms with Gasteiger partial charge in [-0.3, -0.25) is 4.79 Å². The van der Waals surface area contributed by atoms with E-state index in [-0.39, 0.29) is 35.4 Å². The first-order chi connectivity index (χ1) is 10.1. The van der Waals surface area contributed by atoms with E-state index in [0.29, 0.717) is 11.8 Å². The molecule has 3 fully saturated rings. The molecule has 3 aliphatic rings. The fourth-order valence-electron chi connectivity index (χ4n) is 5.47. The van der Waals surface area contributed by atoms with Gasteiger partial charge in [0.2, 0.25) is 5.91 Å². The van der Waals surface area contributed by atoms with Crippen LogP contribution in [0.3, 0.4) is 0 Å². The molecule has 0 aromatic heterocycles. The molecule has 4 nitrogen and oxygen atoms in total. The van der Waals surface area contributed by atoms with E-state index in [2.05, 4.69) is 19.2 Å². The Bertz CT molecular complexity index is 406. The third-order valence-electron chi connectivity index (χ3n) is 6.99. The highest BCUT2D eigenvalue weighted by molar-refractivity contribution is 5.81. The minimum Gasteiger partial charge on any atom is -0.381 e. The molecule has 120 valence electrons. The predicted molar refractivity (Wildman–Crippen MR) is 82.7 cm³/mol. The van der Waals surface area contributed by atoms with Gasteiger partial charge in [0, 0.05) is 24.6 Å². The zero-order valence-corrected chi connectivity index (χ0v) is 13.6. The van der Waals surface area contributed by atoms with Crippen molar-refractivity contribution in [2.45, 2.75) is 70.6 Å². The highest BCUT2D eigenvalue weighted by atomic mass is 16.5. The quantitative estimate of drug-likeness (QED) is 0.816. The van der Waals surface area contributed by atoms with Crippen molar-refractivity contribution in [3.05, 3.63) is 0 Å². The fourth-order valence-corrected chi connectivity index (χ4v) is 5.47. The van der Waals surface area contributed by atoms with Crippen molar-refractivity contribution in [3.8, 4) is 0 Å².